The van der Waals surface area contributed by atoms with Crippen molar-refractivity contribution in [2.45, 2.75) is 75.9 Å². The fourth-order valence-electron chi connectivity index (χ4n) is 10.2. The van der Waals surface area contributed by atoms with Crippen molar-refractivity contribution in [2.24, 2.45) is 17.3 Å². The SMILES string of the molecule is C#C[C@]1(O)CCC2C3CCc4cc(OC)c(N5CCN(C(=O)[C@@H]6CCCN6C(=O)c6ccc7ccccc7n6)CC5)cc4C3CC[C@@]21C. The quantitative estimate of drug-likeness (QED) is 0.382. The van der Waals surface area contributed by atoms with Gasteiger partial charge in [-0.05, 0) is 105 Å². The molecule has 0 spiro atoms. The van der Waals surface area contributed by atoms with E-state index >= 15 is 0 Å². The van der Waals surface area contributed by atoms with Gasteiger partial charge in [0.2, 0.25) is 5.91 Å². The molecule has 3 unspecified atom stereocenters. The summed E-state index contributed by atoms with van der Waals surface area (Å²) in [6.45, 7) is 5.42. The lowest BCUT2D eigenvalue weighted by molar-refractivity contribution is -0.135. The Labute approximate surface area is 283 Å². The zero-order valence-electron chi connectivity index (χ0n) is 28.2. The van der Waals surface area contributed by atoms with Crippen molar-refractivity contribution >= 4 is 28.4 Å². The van der Waals surface area contributed by atoms with Gasteiger partial charge in [0.1, 0.15) is 23.1 Å². The molecule has 6 atom stereocenters. The van der Waals surface area contributed by atoms with Gasteiger partial charge < -0.3 is 24.5 Å². The van der Waals surface area contributed by atoms with Crippen LogP contribution >= 0.6 is 0 Å². The number of aryl methyl sites for hydroxylation is 1. The molecule has 5 aliphatic rings. The summed E-state index contributed by atoms with van der Waals surface area (Å²) >= 11 is 0. The summed E-state index contributed by atoms with van der Waals surface area (Å²) in [5, 5.41) is 12.4. The Morgan fingerprint density at radius 1 is 1.00 bits per heavy atom. The first-order chi connectivity index (χ1) is 23.2. The van der Waals surface area contributed by atoms with Crippen LogP contribution in [-0.2, 0) is 11.2 Å². The van der Waals surface area contributed by atoms with Crippen molar-refractivity contribution in [2.75, 3.05) is 44.7 Å². The van der Waals surface area contributed by atoms with Crippen molar-refractivity contribution in [3.8, 4) is 18.1 Å². The molecule has 250 valence electrons. The van der Waals surface area contributed by atoms with E-state index in [1.807, 2.05) is 35.2 Å². The summed E-state index contributed by atoms with van der Waals surface area (Å²) in [7, 11) is 1.75. The highest BCUT2D eigenvalue weighted by Gasteiger charge is 2.61. The smallest absolute Gasteiger partial charge is 0.273 e. The molecule has 1 aromatic heterocycles. The van der Waals surface area contributed by atoms with Crippen LogP contribution in [0.25, 0.3) is 10.9 Å². The highest BCUT2D eigenvalue weighted by molar-refractivity contribution is 5.98. The fourth-order valence-corrected chi connectivity index (χ4v) is 10.2. The molecule has 48 heavy (non-hydrogen) atoms. The van der Waals surface area contributed by atoms with Gasteiger partial charge in [-0.1, -0.05) is 37.1 Å². The number of piperazine rings is 1. The Bertz CT molecular complexity index is 1810. The number of benzene rings is 2. The summed E-state index contributed by atoms with van der Waals surface area (Å²) in [6, 6.07) is 15.6. The number of likely N-dealkylation sites (tertiary alicyclic amines) is 1. The second-order valence-corrected chi connectivity index (χ2v) is 15.0. The summed E-state index contributed by atoms with van der Waals surface area (Å²) in [5.41, 5.74) is 3.87. The molecular weight excluding hydrogens is 600 g/mol. The molecule has 3 heterocycles. The van der Waals surface area contributed by atoms with E-state index in [0.717, 1.165) is 60.9 Å². The number of nitrogens with zero attached hydrogens (tertiary/aromatic N) is 4. The number of pyridine rings is 1. The van der Waals surface area contributed by atoms with Gasteiger partial charge in [-0.3, -0.25) is 9.59 Å². The second-order valence-electron chi connectivity index (χ2n) is 15.0. The van der Waals surface area contributed by atoms with Crippen molar-refractivity contribution < 1.29 is 19.4 Å². The van der Waals surface area contributed by atoms with Crippen LogP contribution in [0.3, 0.4) is 0 Å². The van der Waals surface area contributed by atoms with Crippen molar-refractivity contribution in [1.82, 2.24) is 14.8 Å². The highest BCUT2D eigenvalue weighted by atomic mass is 16.5. The monoisotopic (exact) mass is 646 g/mol. The van der Waals surface area contributed by atoms with E-state index in [1.54, 1.807) is 18.1 Å². The molecule has 8 rings (SSSR count). The molecule has 1 N–H and O–H groups in total. The minimum atomic E-state index is -0.999. The third-order valence-corrected chi connectivity index (χ3v) is 13.0. The van der Waals surface area contributed by atoms with Crippen molar-refractivity contribution in [1.29, 1.82) is 0 Å². The average molecular weight is 647 g/mol. The summed E-state index contributed by atoms with van der Waals surface area (Å²) in [6.07, 6.45) is 13.2. The Morgan fingerprint density at radius 3 is 2.60 bits per heavy atom. The Hall–Kier alpha value is -4.09. The van der Waals surface area contributed by atoms with Gasteiger partial charge in [-0.25, -0.2) is 4.98 Å². The van der Waals surface area contributed by atoms with Gasteiger partial charge in [0.15, 0.2) is 0 Å². The third-order valence-electron chi connectivity index (χ3n) is 13.0. The lowest BCUT2D eigenvalue weighted by atomic mass is 9.53. The molecule has 2 aromatic carbocycles. The number of para-hydroxylation sites is 1. The first kappa shape index (κ1) is 31.2. The number of hydrogen-bond acceptors (Lipinski definition) is 6. The number of carbonyl (C=O) groups is 2. The van der Waals surface area contributed by atoms with Crippen LogP contribution in [0.2, 0.25) is 0 Å². The maximum atomic E-state index is 13.9. The normalized spacial score (nSPS) is 31.2. The largest absolute Gasteiger partial charge is 0.495 e. The van der Waals surface area contributed by atoms with E-state index in [0.29, 0.717) is 69.0 Å². The molecule has 0 radical (unpaired) electrons. The van der Waals surface area contributed by atoms with Crippen LogP contribution in [0.4, 0.5) is 5.69 Å². The molecule has 4 fully saturated rings. The predicted octanol–water partition coefficient (Wildman–Crippen LogP) is 5.42. The second kappa shape index (κ2) is 11.8. The van der Waals surface area contributed by atoms with Crippen LogP contribution < -0.4 is 9.64 Å². The van der Waals surface area contributed by atoms with Crippen LogP contribution in [0.5, 0.6) is 5.75 Å². The standard InChI is InChI=1S/C40H46N4O4/c1-4-40(47)18-16-31-29-13-11-27-24-36(48-3)35(25-30(27)28(29)15-17-39(31,40)2)42-20-22-43(23-21-42)38(46)34-10-7-19-44(34)37(45)33-14-12-26-8-5-6-9-32(26)41-33/h1,5-6,8-9,12,14,24-25,28-29,31,34,47H,7,10-11,13,15-23H2,2-3H3/t28?,29?,31?,34-,39-,40-/m0/s1. The van der Waals surface area contributed by atoms with Crippen LogP contribution in [0.15, 0.2) is 48.5 Å². The molecule has 2 amide bonds. The number of rotatable bonds is 4. The van der Waals surface area contributed by atoms with Gasteiger partial charge in [0.05, 0.1) is 18.3 Å². The number of methoxy groups -OCH3 is 1. The molecular formula is C40H46N4O4. The summed E-state index contributed by atoms with van der Waals surface area (Å²) < 4.78 is 5.97. The number of aliphatic hydroxyl groups is 1. The molecule has 0 bridgehead atoms. The first-order valence-corrected chi connectivity index (χ1v) is 17.9. The zero-order valence-corrected chi connectivity index (χ0v) is 28.2. The van der Waals surface area contributed by atoms with Gasteiger partial charge in [0, 0.05) is 43.5 Å². The van der Waals surface area contributed by atoms with Gasteiger partial charge in [0.25, 0.3) is 5.91 Å². The number of ether oxygens (including phenoxy) is 1. The van der Waals surface area contributed by atoms with E-state index in [4.69, 9.17) is 11.2 Å². The third kappa shape index (κ3) is 4.80. The highest BCUT2D eigenvalue weighted by Crippen LogP contribution is 2.64. The number of anilines is 1. The van der Waals surface area contributed by atoms with Crippen molar-refractivity contribution in [3.63, 3.8) is 0 Å². The molecule has 8 heteroatoms. The maximum Gasteiger partial charge on any atom is 0.273 e. The van der Waals surface area contributed by atoms with E-state index in [2.05, 4.69) is 34.9 Å². The minimum absolute atomic E-state index is 0.0373. The Morgan fingerprint density at radius 2 is 1.81 bits per heavy atom. The number of carbonyl (C=O) groups excluding carboxylic acids is 2. The number of amides is 2. The fraction of sp³-hybridized carbons (Fsp3) is 0.525. The van der Waals surface area contributed by atoms with Crippen LogP contribution in [0.1, 0.15) is 79.4 Å². The minimum Gasteiger partial charge on any atom is -0.495 e. The lowest BCUT2D eigenvalue weighted by Crippen LogP contribution is -2.54. The van der Waals surface area contributed by atoms with Gasteiger partial charge >= 0.3 is 0 Å². The van der Waals surface area contributed by atoms with Crippen LogP contribution in [0, 0.1) is 29.6 Å². The van der Waals surface area contributed by atoms with Crippen molar-refractivity contribution in [3.05, 3.63) is 65.4 Å². The number of terminal acetylenes is 1. The predicted molar refractivity (Wildman–Crippen MR) is 186 cm³/mol. The van der Waals surface area contributed by atoms with Gasteiger partial charge in [-0.15, -0.1) is 6.42 Å². The molecule has 3 aliphatic carbocycles. The zero-order chi connectivity index (χ0) is 33.2. The van der Waals surface area contributed by atoms with E-state index in [1.165, 1.54) is 11.1 Å². The molecule has 3 aromatic rings. The average Bonchev–Trinajstić information content (AvgIpc) is 3.73. The first-order valence-electron chi connectivity index (χ1n) is 17.9. The summed E-state index contributed by atoms with van der Waals surface area (Å²) in [4.78, 5) is 38.1. The Kier molecular flexibility index (Phi) is 7.67. The number of fused-ring (bicyclic) bond motifs is 6. The molecule has 2 saturated carbocycles. The summed E-state index contributed by atoms with van der Waals surface area (Å²) in [5.74, 6) is 4.98. The number of hydrogen-bond donors (Lipinski definition) is 1. The topological polar surface area (TPSA) is 86.2 Å². The van der Waals surface area contributed by atoms with E-state index < -0.39 is 11.6 Å². The number of aromatic nitrogens is 1. The Balaban J connectivity index is 0.970. The molecule has 8 nitrogen and oxygen atoms in total. The maximum absolute atomic E-state index is 13.9. The van der Waals surface area contributed by atoms with E-state index in [-0.39, 0.29) is 17.2 Å². The van der Waals surface area contributed by atoms with Gasteiger partial charge in [-0.2, -0.15) is 0 Å². The molecule has 2 aliphatic heterocycles. The lowest BCUT2D eigenvalue weighted by Gasteiger charge is -2.52. The van der Waals surface area contributed by atoms with E-state index in [9.17, 15) is 14.7 Å². The van der Waals surface area contributed by atoms with Crippen LogP contribution in [-0.4, -0.2) is 83.2 Å². The molecule has 2 saturated heterocycles.